The Morgan fingerprint density at radius 3 is 2.47 bits per heavy atom. The Balaban J connectivity index is 3.14. The van der Waals surface area contributed by atoms with E-state index in [0.29, 0.717) is 17.1 Å². The van der Waals surface area contributed by atoms with Crippen LogP contribution in [0.2, 0.25) is 0 Å². The normalized spacial score (nSPS) is 10.4. The molecule has 0 bridgehead atoms. The van der Waals surface area contributed by atoms with Crippen LogP contribution in [-0.2, 0) is 0 Å². The van der Waals surface area contributed by atoms with E-state index in [1.165, 1.54) is 7.11 Å². The number of aliphatic hydroxyl groups excluding tert-OH is 1. The fourth-order valence-corrected chi connectivity index (χ4v) is 1.84. The molecular formula is C14H21NO4. The Morgan fingerprint density at radius 2 is 2.00 bits per heavy atom. The zero-order valence-electron chi connectivity index (χ0n) is 11.8. The van der Waals surface area contributed by atoms with Crippen LogP contribution in [0.5, 0.6) is 11.5 Å². The van der Waals surface area contributed by atoms with E-state index in [1.54, 1.807) is 30.2 Å². The number of hydrogen-bond acceptors (Lipinski definition) is 4. The van der Waals surface area contributed by atoms with Gasteiger partial charge in [0.05, 0.1) is 26.4 Å². The highest BCUT2D eigenvalue weighted by Crippen LogP contribution is 2.25. The molecule has 0 atom stereocenters. The van der Waals surface area contributed by atoms with Crippen molar-refractivity contribution in [3.63, 3.8) is 0 Å². The lowest BCUT2D eigenvalue weighted by Gasteiger charge is -2.26. The van der Waals surface area contributed by atoms with Gasteiger partial charge in [0.15, 0.2) is 0 Å². The van der Waals surface area contributed by atoms with Gasteiger partial charge in [-0.15, -0.1) is 0 Å². The van der Waals surface area contributed by atoms with E-state index < -0.39 is 0 Å². The standard InChI is InChI=1S/C14H21NO4/c1-10(2)15(7-8-16)14(17)12-9-11(18-3)5-6-13(12)19-4/h5-6,9-10,16H,7-8H2,1-4H3. The first kappa shape index (κ1) is 15.3. The van der Waals surface area contributed by atoms with Gasteiger partial charge in [-0.3, -0.25) is 4.79 Å². The Morgan fingerprint density at radius 1 is 1.32 bits per heavy atom. The van der Waals surface area contributed by atoms with E-state index in [-0.39, 0.29) is 25.1 Å². The van der Waals surface area contributed by atoms with Gasteiger partial charge in [0.2, 0.25) is 0 Å². The third-order valence-corrected chi connectivity index (χ3v) is 2.86. The Labute approximate surface area is 113 Å². The van der Waals surface area contributed by atoms with Gasteiger partial charge in [0.25, 0.3) is 5.91 Å². The number of rotatable bonds is 6. The molecule has 1 aromatic carbocycles. The van der Waals surface area contributed by atoms with Crippen LogP contribution in [0, 0.1) is 0 Å². The van der Waals surface area contributed by atoms with Crippen molar-refractivity contribution in [2.24, 2.45) is 0 Å². The first-order chi connectivity index (χ1) is 9.04. The predicted molar refractivity (Wildman–Crippen MR) is 72.8 cm³/mol. The minimum Gasteiger partial charge on any atom is -0.497 e. The summed E-state index contributed by atoms with van der Waals surface area (Å²) in [5, 5.41) is 9.06. The van der Waals surface area contributed by atoms with Crippen molar-refractivity contribution in [3.8, 4) is 11.5 Å². The van der Waals surface area contributed by atoms with Crippen molar-refractivity contribution in [2.45, 2.75) is 19.9 Å². The number of amides is 1. The van der Waals surface area contributed by atoms with Gasteiger partial charge in [-0.2, -0.15) is 0 Å². The van der Waals surface area contributed by atoms with Crippen LogP contribution in [0.25, 0.3) is 0 Å². The topological polar surface area (TPSA) is 59.0 Å². The van der Waals surface area contributed by atoms with Crippen LogP contribution in [0.1, 0.15) is 24.2 Å². The number of aliphatic hydroxyl groups is 1. The Hall–Kier alpha value is -1.75. The number of carbonyl (C=O) groups excluding carboxylic acids is 1. The molecule has 0 spiro atoms. The molecule has 1 N–H and O–H groups in total. The third-order valence-electron chi connectivity index (χ3n) is 2.86. The summed E-state index contributed by atoms with van der Waals surface area (Å²) in [4.78, 5) is 14.1. The maximum Gasteiger partial charge on any atom is 0.258 e. The summed E-state index contributed by atoms with van der Waals surface area (Å²) in [7, 11) is 3.06. The lowest BCUT2D eigenvalue weighted by atomic mass is 10.1. The maximum atomic E-state index is 12.5. The summed E-state index contributed by atoms with van der Waals surface area (Å²) in [5.74, 6) is 0.908. The van der Waals surface area contributed by atoms with Gasteiger partial charge in [-0.1, -0.05) is 0 Å². The van der Waals surface area contributed by atoms with Crippen LogP contribution >= 0.6 is 0 Å². The molecular weight excluding hydrogens is 246 g/mol. The number of nitrogens with zero attached hydrogens (tertiary/aromatic N) is 1. The van der Waals surface area contributed by atoms with E-state index in [4.69, 9.17) is 14.6 Å². The van der Waals surface area contributed by atoms with Gasteiger partial charge in [-0.05, 0) is 32.0 Å². The average molecular weight is 267 g/mol. The molecule has 106 valence electrons. The molecule has 1 rings (SSSR count). The summed E-state index contributed by atoms with van der Waals surface area (Å²) in [6.45, 7) is 4.02. The second kappa shape index (κ2) is 6.99. The van der Waals surface area contributed by atoms with Crippen molar-refractivity contribution < 1.29 is 19.4 Å². The molecule has 5 nitrogen and oxygen atoms in total. The maximum absolute atomic E-state index is 12.5. The minimum absolute atomic E-state index is 0.00411. The second-order valence-electron chi connectivity index (χ2n) is 4.38. The number of methoxy groups -OCH3 is 2. The predicted octanol–water partition coefficient (Wildman–Crippen LogP) is 1.55. The molecule has 0 saturated heterocycles. The smallest absolute Gasteiger partial charge is 0.258 e. The largest absolute Gasteiger partial charge is 0.497 e. The molecule has 5 heteroatoms. The number of hydrogen-bond donors (Lipinski definition) is 1. The Bertz CT molecular complexity index is 431. The molecule has 1 aromatic rings. The van der Waals surface area contributed by atoms with Crippen LogP contribution in [0.15, 0.2) is 18.2 Å². The number of ether oxygens (including phenoxy) is 2. The van der Waals surface area contributed by atoms with E-state index in [1.807, 2.05) is 13.8 Å². The first-order valence-corrected chi connectivity index (χ1v) is 6.19. The van der Waals surface area contributed by atoms with Crippen molar-refractivity contribution >= 4 is 5.91 Å². The van der Waals surface area contributed by atoms with Crippen molar-refractivity contribution in [1.29, 1.82) is 0 Å². The van der Waals surface area contributed by atoms with Gasteiger partial charge in [0.1, 0.15) is 11.5 Å². The molecule has 0 heterocycles. The van der Waals surface area contributed by atoms with Gasteiger partial charge >= 0.3 is 0 Å². The number of carbonyl (C=O) groups is 1. The molecule has 0 aliphatic rings. The highest BCUT2D eigenvalue weighted by Gasteiger charge is 2.22. The lowest BCUT2D eigenvalue weighted by Crippen LogP contribution is -2.39. The Kier molecular flexibility index (Phi) is 5.63. The zero-order chi connectivity index (χ0) is 14.4. The molecule has 0 aromatic heterocycles. The van der Waals surface area contributed by atoms with Crippen LogP contribution in [0.4, 0.5) is 0 Å². The first-order valence-electron chi connectivity index (χ1n) is 6.19. The molecule has 0 unspecified atom stereocenters. The van der Waals surface area contributed by atoms with Crippen LogP contribution < -0.4 is 9.47 Å². The molecule has 0 radical (unpaired) electrons. The molecule has 0 aliphatic carbocycles. The molecule has 0 saturated carbocycles. The van der Waals surface area contributed by atoms with Crippen LogP contribution in [-0.4, -0.2) is 49.3 Å². The fourth-order valence-electron chi connectivity index (χ4n) is 1.84. The van der Waals surface area contributed by atoms with Crippen LogP contribution in [0.3, 0.4) is 0 Å². The molecule has 1 amide bonds. The summed E-state index contributed by atoms with van der Waals surface area (Å²) < 4.78 is 10.3. The monoisotopic (exact) mass is 267 g/mol. The van der Waals surface area contributed by atoms with Gasteiger partial charge in [-0.25, -0.2) is 0 Å². The van der Waals surface area contributed by atoms with E-state index in [0.717, 1.165) is 0 Å². The number of benzene rings is 1. The summed E-state index contributed by atoms with van der Waals surface area (Å²) in [5.41, 5.74) is 0.434. The van der Waals surface area contributed by atoms with Gasteiger partial charge in [0, 0.05) is 12.6 Å². The van der Waals surface area contributed by atoms with E-state index in [9.17, 15) is 4.79 Å². The second-order valence-corrected chi connectivity index (χ2v) is 4.38. The molecule has 0 fully saturated rings. The average Bonchev–Trinajstić information content (AvgIpc) is 2.42. The SMILES string of the molecule is COc1ccc(OC)c(C(=O)N(CCO)C(C)C)c1. The lowest BCUT2D eigenvalue weighted by molar-refractivity contribution is 0.0661. The highest BCUT2D eigenvalue weighted by molar-refractivity contribution is 5.97. The summed E-state index contributed by atoms with van der Waals surface area (Å²) in [6, 6.07) is 5.08. The summed E-state index contributed by atoms with van der Waals surface area (Å²) >= 11 is 0. The van der Waals surface area contributed by atoms with Crippen molar-refractivity contribution in [2.75, 3.05) is 27.4 Å². The summed E-state index contributed by atoms with van der Waals surface area (Å²) in [6.07, 6.45) is 0. The zero-order valence-corrected chi connectivity index (χ0v) is 11.8. The molecule has 0 aliphatic heterocycles. The minimum atomic E-state index is -0.181. The van der Waals surface area contributed by atoms with Gasteiger partial charge < -0.3 is 19.5 Å². The van der Waals surface area contributed by atoms with E-state index >= 15 is 0 Å². The van der Waals surface area contributed by atoms with E-state index in [2.05, 4.69) is 0 Å². The van der Waals surface area contributed by atoms with Crippen molar-refractivity contribution in [1.82, 2.24) is 4.90 Å². The van der Waals surface area contributed by atoms with Crippen molar-refractivity contribution in [3.05, 3.63) is 23.8 Å². The quantitative estimate of drug-likeness (QED) is 0.849. The molecule has 19 heavy (non-hydrogen) atoms. The fraction of sp³-hybridized carbons (Fsp3) is 0.500. The third kappa shape index (κ3) is 3.61. The highest BCUT2D eigenvalue weighted by atomic mass is 16.5.